The molecular formula is C17H28N2O. The molecule has 1 saturated carbocycles. The van der Waals surface area contributed by atoms with Gasteiger partial charge in [0.2, 0.25) is 0 Å². The largest absolute Gasteiger partial charge is 0.494 e. The Morgan fingerprint density at radius 3 is 2.50 bits per heavy atom. The number of ether oxygens (including phenoxy) is 1. The second kappa shape index (κ2) is 8.28. The normalized spacial score (nSPS) is 24.3. The predicted octanol–water partition coefficient (Wildman–Crippen LogP) is 3.50. The number of nitrogens with one attached hydrogen (secondary N) is 1. The zero-order valence-electron chi connectivity index (χ0n) is 12.6. The number of rotatable bonds is 7. The molecule has 3 N–H and O–H groups in total. The highest BCUT2D eigenvalue weighted by Crippen LogP contribution is 2.33. The molecule has 1 aromatic rings. The average Bonchev–Trinajstić information content (AvgIpc) is 2.53. The van der Waals surface area contributed by atoms with E-state index < -0.39 is 0 Å². The van der Waals surface area contributed by atoms with Gasteiger partial charge in [-0.05, 0) is 43.2 Å². The second-order valence-electron chi connectivity index (χ2n) is 5.91. The SMILES string of the molecule is CCC1CCC(C(CCOc2ccccc2)NN)CC1. The fraction of sp³-hybridized carbons (Fsp3) is 0.647. The summed E-state index contributed by atoms with van der Waals surface area (Å²) in [7, 11) is 0. The third-order valence-electron chi connectivity index (χ3n) is 4.69. The fourth-order valence-corrected chi connectivity index (χ4v) is 3.27. The summed E-state index contributed by atoms with van der Waals surface area (Å²) in [6.07, 6.45) is 7.63. The molecule has 1 aromatic carbocycles. The van der Waals surface area contributed by atoms with E-state index in [1.807, 2.05) is 30.3 Å². The molecule has 0 amide bonds. The zero-order valence-corrected chi connectivity index (χ0v) is 12.6. The zero-order chi connectivity index (χ0) is 14.2. The molecule has 2 rings (SSSR count). The maximum atomic E-state index is 5.78. The van der Waals surface area contributed by atoms with Crippen molar-refractivity contribution in [2.75, 3.05) is 6.61 Å². The molecule has 0 radical (unpaired) electrons. The molecule has 0 bridgehead atoms. The summed E-state index contributed by atoms with van der Waals surface area (Å²) < 4.78 is 5.78. The van der Waals surface area contributed by atoms with Gasteiger partial charge in [0.1, 0.15) is 5.75 Å². The molecule has 0 spiro atoms. The van der Waals surface area contributed by atoms with Gasteiger partial charge in [-0.25, -0.2) is 0 Å². The highest BCUT2D eigenvalue weighted by molar-refractivity contribution is 5.20. The van der Waals surface area contributed by atoms with Crippen LogP contribution in [0.25, 0.3) is 0 Å². The van der Waals surface area contributed by atoms with Crippen molar-refractivity contribution in [1.29, 1.82) is 0 Å². The topological polar surface area (TPSA) is 47.3 Å². The van der Waals surface area contributed by atoms with Crippen molar-refractivity contribution in [2.24, 2.45) is 17.7 Å². The van der Waals surface area contributed by atoms with Crippen molar-refractivity contribution >= 4 is 0 Å². The first kappa shape index (κ1) is 15.3. The monoisotopic (exact) mass is 276 g/mol. The second-order valence-corrected chi connectivity index (χ2v) is 5.91. The van der Waals surface area contributed by atoms with Crippen LogP contribution in [0, 0.1) is 11.8 Å². The van der Waals surface area contributed by atoms with E-state index in [4.69, 9.17) is 10.6 Å². The van der Waals surface area contributed by atoms with Crippen molar-refractivity contribution in [3.05, 3.63) is 30.3 Å². The van der Waals surface area contributed by atoms with Crippen LogP contribution in [0.1, 0.15) is 45.4 Å². The molecule has 1 aliphatic carbocycles. The van der Waals surface area contributed by atoms with Crippen LogP contribution in [-0.2, 0) is 0 Å². The van der Waals surface area contributed by atoms with Gasteiger partial charge in [-0.2, -0.15) is 0 Å². The third-order valence-corrected chi connectivity index (χ3v) is 4.69. The Bertz CT molecular complexity index is 361. The number of hydrogen-bond acceptors (Lipinski definition) is 3. The minimum Gasteiger partial charge on any atom is -0.494 e. The van der Waals surface area contributed by atoms with Gasteiger partial charge in [0.05, 0.1) is 6.61 Å². The summed E-state index contributed by atoms with van der Waals surface area (Å²) in [6, 6.07) is 10.4. The minimum atomic E-state index is 0.386. The molecule has 0 aliphatic heterocycles. The summed E-state index contributed by atoms with van der Waals surface area (Å²) in [4.78, 5) is 0. The van der Waals surface area contributed by atoms with Crippen molar-refractivity contribution in [3.63, 3.8) is 0 Å². The van der Waals surface area contributed by atoms with Crippen LogP contribution in [0.5, 0.6) is 5.75 Å². The van der Waals surface area contributed by atoms with Gasteiger partial charge in [-0.15, -0.1) is 0 Å². The van der Waals surface area contributed by atoms with Gasteiger partial charge < -0.3 is 4.74 Å². The molecule has 1 fully saturated rings. The minimum absolute atomic E-state index is 0.386. The van der Waals surface area contributed by atoms with Crippen molar-refractivity contribution in [2.45, 2.75) is 51.5 Å². The van der Waals surface area contributed by atoms with E-state index in [0.717, 1.165) is 24.7 Å². The third kappa shape index (κ3) is 4.50. The maximum absolute atomic E-state index is 5.78. The smallest absolute Gasteiger partial charge is 0.119 e. The molecule has 1 aliphatic rings. The van der Waals surface area contributed by atoms with E-state index in [2.05, 4.69) is 12.3 Å². The van der Waals surface area contributed by atoms with Crippen LogP contribution in [0.4, 0.5) is 0 Å². The van der Waals surface area contributed by atoms with Crippen molar-refractivity contribution in [1.82, 2.24) is 5.43 Å². The van der Waals surface area contributed by atoms with Crippen LogP contribution < -0.4 is 16.0 Å². The van der Waals surface area contributed by atoms with E-state index in [1.165, 1.54) is 32.1 Å². The summed E-state index contributed by atoms with van der Waals surface area (Å²) >= 11 is 0. The molecular weight excluding hydrogens is 248 g/mol. The lowest BCUT2D eigenvalue weighted by molar-refractivity contribution is 0.190. The Balaban J connectivity index is 1.72. The van der Waals surface area contributed by atoms with Crippen molar-refractivity contribution in [3.8, 4) is 5.75 Å². The highest BCUT2D eigenvalue weighted by atomic mass is 16.5. The first-order chi connectivity index (χ1) is 9.83. The van der Waals surface area contributed by atoms with Gasteiger partial charge in [0.25, 0.3) is 0 Å². The summed E-state index contributed by atoms with van der Waals surface area (Å²) in [6.45, 7) is 3.03. The van der Waals surface area contributed by atoms with Gasteiger partial charge in [0, 0.05) is 6.04 Å². The van der Waals surface area contributed by atoms with Gasteiger partial charge in [0.15, 0.2) is 0 Å². The number of hydrazine groups is 1. The molecule has 0 aromatic heterocycles. The van der Waals surface area contributed by atoms with Crippen LogP contribution >= 0.6 is 0 Å². The van der Waals surface area contributed by atoms with Crippen LogP contribution in [0.2, 0.25) is 0 Å². The molecule has 20 heavy (non-hydrogen) atoms. The Morgan fingerprint density at radius 1 is 1.20 bits per heavy atom. The predicted molar refractivity (Wildman–Crippen MR) is 83.4 cm³/mol. The lowest BCUT2D eigenvalue weighted by Crippen LogP contribution is -2.43. The molecule has 0 saturated heterocycles. The number of nitrogens with two attached hydrogens (primary N) is 1. The van der Waals surface area contributed by atoms with E-state index in [9.17, 15) is 0 Å². The lowest BCUT2D eigenvalue weighted by atomic mass is 9.77. The number of benzene rings is 1. The summed E-state index contributed by atoms with van der Waals surface area (Å²) in [5.74, 6) is 8.33. The van der Waals surface area contributed by atoms with Crippen molar-refractivity contribution < 1.29 is 4.74 Å². The first-order valence-corrected chi connectivity index (χ1v) is 7.97. The average molecular weight is 276 g/mol. The van der Waals surface area contributed by atoms with Crippen LogP contribution in [-0.4, -0.2) is 12.6 Å². The van der Waals surface area contributed by atoms with E-state index in [0.29, 0.717) is 12.0 Å². The van der Waals surface area contributed by atoms with Gasteiger partial charge >= 0.3 is 0 Å². The van der Waals surface area contributed by atoms with E-state index in [-0.39, 0.29) is 0 Å². The molecule has 1 atom stereocenters. The molecule has 1 unspecified atom stereocenters. The van der Waals surface area contributed by atoms with E-state index >= 15 is 0 Å². The maximum Gasteiger partial charge on any atom is 0.119 e. The fourth-order valence-electron chi connectivity index (χ4n) is 3.27. The quantitative estimate of drug-likeness (QED) is 0.592. The Hall–Kier alpha value is -1.06. The highest BCUT2D eigenvalue weighted by Gasteiger charge is 2.26. The Morgan fingerprint density at radius 2 is 1.90 bits per heavy atom. The molecule has 3 nitrogen and oxygen atoms in total. The van der Waals surface area contributed by atoms with E-state index in [1.54, 1.807) is 0 Å². The summed E-state index contributed by atoms with van der Waals surface area (Å²) in [5.41, 5.74) is 3.01. The summed E-state index contributed by atoms with van der Waals surface area (Å²) in [5, 5.41) is 0. The van der Waals surface area contributed by atoms with Crippen LogP contribution in [0.3, 0.4) is 0 Å². The Kier molecular flexibility index (Phi) is 6.34. The molecule has 3 heteroatoms. The standard InChI is InChI=1S/C17H28N2O/c1-2-14-8-10-15(11-9-14)17(19-18)12-13-20-16-6-4-3-5-7-16/h3-7,14-15,17,19H,2,8-13,18H2,1H3. The van der Waals surface area contributed by atoms with Gasteiger partial charge in [-0.3, -0.25) is 11.3 Å². The number of hydrogen-bond donors (Lipinski definition) is 2. The van der Waals surface area contributed by atoms with Gasteiger partial charge in [-0.1, -0.05) is 44.4 Å². The van der Waals surface area contributed by atoms with Crippen LogP contribution in [0.15, 0.2) is 30.3 Å². The molecule has 0 heterocycles. The first-order valence-electron chi connectivity index (χ1n) is 7.97. The number of para-hydroxylation sites is 1. The molecule has 112 valence electrons. The Labute approximate surface area is 122 Å². The lowest BCUT2D eigenvalue weighted by Gasteiger charge is -2.33.